The van der Waals surface area contributed by atoms with E-state index in [1.807, 2.05) is 7.05 Å². The van der Waals surface area contributed by atoms with Crippen LogP contribution < -0.4 is 10.1 Å². The molecule has 0 bridgehead atoms. The molecule has 0 aliphatic carbocycles. The number of rotatable bonds is 4. The van der Waals surface area contributed by atoms with Crippen LogP contribution in [0.15, 0.2) is 36.4 Å². The summed E-state index contributed by atoms with van der Waals surface area (Å²) >= 11 is 0. The SMILES string of the molecule is CNC(Cc1cc(C)ccc1C)c1ccc2c(c1)CCO2. The predicted molar refractivity (Wildman–Crippen MR) is 87.1 cm³/mol. The van der Waals surface area contributed by atoms with Crippen molar-refractivity contribution in [1.82, 2.24) is 5.32 Å². The Kier molecular flexibility index (Phi) is 3.98. The summed E-state index contributed by atoms with van der Waals surface area (Å²) in [5, 5.41) is 3.46. The van der Waals surface area contributed by atoms with Crippen LogP contribution in [0.3, 0.4) is 0 Å². The number of ether oxygens (including phenoxy) is 1. The highest BCUT2D eigenvalue weighted by molar-refractivity contribution is 5.41. The fraction of sp³-hybridized carbons (Fsp3) is 0.368. The molecule has 0 aromatic heterocycles. The Labute approximate surface area is 127 Å². The van der Waals surface area contributed by atoms with Crippen LogP contribution in [-0.4, -0.2) is 13.7 Å². The van der Waals surface area contributed by atoms with E-state index in [0.717, 1.165) is 25.2 Å². The van der Waals surface area contributed by atoms with E-state index >= 15 is 0 Å². The van der Waals surface area contributed by atoms with Crippen LogP contribution in [0.25, 0.3) is 0 Å². The van der Waals surface area contributed by atoms with Crippen molar-refractivity contribution in [2.75, 3.05) is 13.7 Å². The van der Waals surface area contributed by atoms with Crippen molar-refractivity contribution < 1.29 is 4.74 Å². The van der Waals surface area contributed by atoms with Gasteiger partial charge in [0.25, 0.3) is 0 Å². The molecule has 0 saturated carbocycles. The maximum absolute atomic E-state index is 5.60. The second-order valence-corrected chi connectivity index (χ2v) is 5.94. The predicted octanol–water partition coefficient (Wildman–Crippen LogP) is 3.74. The van der Waals surface area contributed by atoms with E-state index in [9.17, 15) is 0 Å². The van der Waals surface area contributed by atoms with E-state index in [4.69, 9.17) is 4.74 Å². The van der Waals surface area contributed by atoms with E-state index in [2.05, 4.69) is 55.6 Å². The van der Waals surface area contributed by atoms with Gasteiger partial charge in [0.1, 0.15) is 5.75 Å². The normalized spacial score (nSPS) is 14.6. The molecule has 0 amide bonds. The Balaban J connectivity index is 1.86. The van der Waals surface area contributed by atoms with Gasteiger partial charge in [-0.05, 0) is 55.6 Å². The summed E-state index contributed by atoms with van der Waals surface area (Å²) in [5.74, 6) is 1.06. The van der Waals surface area contributed by atoms with Crippen molar-refractivity contribution in [3.63, 3.8) is 0 Å². The molecule has 2 aromatic carbocycles. The van der Waals surface area contributed by atoms with Gasteiger partial charge < -0.3 is 10.1 Å². The van der Waals surface area contributed by atoms with Crippen molar-refractivity contribution in [2.24, 2.45) is 0 Å². The van der Waals surface area contributed by atoms with Crippen LogP contribution in [0.5, 0.6) is 5.75 Å². The number of aryl methyl sites for hydroxylation is 2. The zero-order valence-electron chi connectivity index (χ0n) is 13.1. The smallest absolute Gasteiger partial charge is 0.122 e. The highest BCUT2D eigenvalue weighted by Gasteiger charge is 2.17. The lowest BCUT2D eigenvalue weighted by Gasteiger charge is -2.19. The van der Waals surface area contributed by atoms with Crippen LogP contribution in [0.2, 0.25) is 0 Å². The molecule has 2 aromatic rings. The molecule has 110 valence electrons. The molecule has 1 aliphatic heterocycles. The zero-order chi connectivity index (χ0) is 14.8. The molecular weight excluding hydrogens is 258 g/mol. The topological polar surface area (TPSA) is 21.3 Å². The van der Waals surface area contributed by atoms with E-state index in [0.29, 0.717) is 6.04 Å². The lowest BCUT2D eigenvalue weighted by molar-refractivity contribution is 0.356. The van der Waals surface area contributed by atoms with E-state index in [1.165, 1.54) is 27.8 Å². The molecule has 2 nitrogen and oxygen atoms in total. The van der Waals surface area contributed by atoms with Crippen LogP contribution >= 0.6 is 0 Å². The fourth-order valence-corrected chi connectivity index (χ4v) is 3.05. The summed E-state index contributed by atoms with van der Waals surface area (Å²) in [6.07, 6.45) is 2.05. The molecule has 0 saturated heterocycles. The first-order valence-corrected chi connectivity index (χ1v) is 7.66. The summed E-state index contributed by atoms with van der Waals surface area (Å²) in [4.78, 5) is 0. The molecular formula is C19H23NO. The minimum atomic E-state index is 0.344. The second-order valence-electron chi connectivity index (χ2n) is 5.94. The van der Waals surface area contributed by atoms with Gasteiger partial charge in [-0.25, -0.2) is 0 Å². The highest BCUT2D eigenvalue weighted by atomic mass is 16.5. The summed E-state index contributed by atoms with van der Waals surface area (Å²) in [7, 11) is 2.04. The van der Waals surface area contributed by atoms with Crippen LogP contribution in [0, 0.1) is 13.8 Å². The van der Waals surface area contributed by atoms with Crippen molar-refractivity contribution >= 4 is 0 Å². The third-order valence-electron chi connectivity index (χ3n) is 4.39. The van der Waals surface area contributed by atoms with E-state index in [1.54, 1.807) is 0 Å². The second kappa shape index (κ2) is 5.90. The number of nitrogens with one attached hydrogen (secondary N) is 1. The van der Waals surface area contributed by atoms with Crippen molar-refractivity contribution in [2.45, 2.75) is 32.7 Å². The van der Waals surface area contributed by atoms with Crippen molar-refractivity contribution in [1.29, 1.82) is 0 Å². The molecule has 0 fully saturated rings. The molecule has 1 atom stereocenters. The summed E-state index contributed by atoms with van der Waals surface area (Å²) < 4.78 is 5.60. The number of hydrogen-bond donors (Lipinski definition) is 1. The van der Waals surface area contributed by atoms with Crippen LogP contribution in [0.1, 0.15) is 33.9 Å². The Morgan fingerprint density at radius 2 is 2.00 bits per heavy atom. The molecule has 21 heavy (non-hydrogen) atoms. The summed E-state index contributed by atoms with van der Waals surface area (Å²) in [6, 6.07) is 13.6. The zero-order valence-corrected chi connectivity index (χ0v) is 13.1. The van der Waals surface area contributed by atoms with Crippen LogP contribution in [0.4, 0.5) is 0 Å². The Morgan fingerprint density at radius 3 is 2.81 bits per heavy atom. The average Bonchev–Trinajstić information content (AvgIpc) is 2.95. The largest absolute Gasteiger partial charge is 0.493 e. The number of likely N-dealkylation sites (N-methyl/N-ethyl adjacent to an activating group) is 1. The Hall–Kier alpha value is -1.80. The third-order valence-corrected chi connectivity index (χ3v) is 4.39. The van der Waals surface area contributed by atoms with Gasteiger partial charge in [-0.15, -0.1) is 0 Å². The molecule has 2 heteroatoms. The first kappa shape index (κ1) is 14.2. The minimum absolute atomic E-state index is 0.344. The average molecular weight is 281 g/mol. The Bertz CT molecular complexity index is 648. The molecule has 1 unspecified atom stereocenters. The monoisotopic (exact) mass is 281 g/mol. The third kappa shape index (κ3) is 2.96. The highest BCUT2D eigenvalue weighted by Crippen LogP contribution is 2.29. The molecule has 0 spiro atoms. The van der Waals surface area contributed by atoms with Gasteiger partial charge in [0, 0.05) is 12.5 Å². The standard InChI is InChI=1S/C19H23NO/c1-13-4-5-14(2)17(10-13)12-18(20-3)15-6-7-19-16(11-15)8-9-21-19/h4-7,10-11,18,20H,8-9,12H2,1-3H3. The molecule has 0 radical (unpaired) electrons. The molecule has 3 rings (SSSR count). The van der Waals surface area contributed by atoms with Crippen molar-refractivity contribution in [3.8, 4) is 5.75 Å². The van der Waals surface area contributed by atoms with Gasteiger partial charge in [-0.2, -0.15) is 0 Å². The first-order valence-electron chi connectivity index (χ1n) is 7.66. The summed E-state index contributed by atoms with van der Waals surface area (Å²) in [5.41, 5.74) is 6.81. The van der Waals surface area contributed by atoms with Gasteiger partial charge >= 0.3 is 0 Å². The Morgan fingerprint density at radius 1 is 1.14 bits per heavy atom. The molecule has 1 heterocycles. The van der Waals surface area contributed by atoms with E-state index in [-0.39, 0.29) is 0 Å². The van der Waals surface area contributed by atoms with Crippen molar-refractivity contribution in [3.05, 3.63) is 64.2 Å². The maximum atomic E-state index is 5.60. The van der Waals surface area contributed by atoms with Gasteiger partial charge in [-0.3, -0.25) is 0 Å². The van der Waals surface area contributed by atoms with E-state index < -0.39 is 0 Å². The maximum Gasteiger partial charge on any atom is 0.122 e. The molecule has 1 N–H and O–H groups in total. The van der Waals surface area contributed by atoms with Gasteiger partial charge in [0.15, 0.2) is 0 Å². The number of hydrogen-bond acceptors (Lipinski definition) is 2. The minimum Gasteiger partial charge on any atom is -0.493 e. The lowest BCUT2D eigenvalue weighted by Crippen LogP contribution is -2.19. The van der Waals surface area contributed by atoms with Gasteiger partial charge in [0.05, 0.1) is 6.61 Å². The quantitative estimate of drug-likeness (QED) is 0.921. The summed E-state index contributed by atoms with van der Waals surface area (Å²) in [6.45, 7) is 5.17. The number of benzene rings is 2. The number of fused-ring (bicyclic) bond motifs is 1. The molecule has 1 aliphatic rings. The van der Waals surface area contributed by atoms with Gasteiger partial charge in [-0.1, -0.05) is 35.9 Å². The fourth-order valence-electron chi connectivity index (χ4n) is 3.05. The van der Waals surface area contributed by atoms with Crippen LogP contribution in [-0.2, 0) is 12.8 Å². The first-order chi connectivity index (χ1) is 10.2. The van der Waals surface area contributed by atoms with Gasteiger partial charge in [0.2, 0.25) is 0 Å². The lowest BCUT2D eigenvalue weighted by atomic mass is 9.94.